The molecule has 1 aliphatic rings. The number of carbonyl (C=O) groups is 2. The molecule has 6 rings (SSSR count). The molecule has 6 nitrogen and oxygen atoms in total. The van der Waals surface area contributed by atoms with E-state index in [0.29, 0.717) is 27.4 Å². The van der Waals surface area contributed by atoms with Gasteiger partial charge in [-0.1, -0.05) is 18.2 Å². The van der Waals surface area contributed by atoms with Crippen LogP contribution in [0.2, 0.25) is 0 Å². The molecular weight excluding hydrogens is 332 g/mol. The zero-order valence-corrected chi connectivity index (χ0v) is 13.2. The summed E-state index contributed by atoms with van der Waals surface area (Å²) in [5, 5.41) is 12.7. The van der Waals surface area contributed by atoms with Crippen LogP contribution in [0.4, 0.5) is 0 Å². The Morgan fingerprint density at radius 1 is 0.769 bits per heavy atom. The molecule has 0 atom stereocenters. The summed E-state index contributed by atoms with van der Waals surface area (Å²) in [4.78, 5) is 31.6. The first kappa shape index (κ1) is 13.5. The van der Waals surface area contributed by atoms with Gasteiger partial charge in [0.05, 0.1) is 27.7 Å². The standard InChI is InChI=1S/C20H10N2O4/c23-8-5-6-10-12(7-8)22-18-14(10)16-15(19(24)26-20(16)25)13-9-3-1-2-4-11(9)21-17(13)18/h1-7,21-23H. The van der Waals surface area contributed by atoms with Crippen molar-refractivity contribution in [1.82, 2.24) is 9.97 Å². The number of benzene rings is 3. The van der Waals surface area contributed by atoms with E-state index >= 15 is 0 Å². The predicted octanol–water partition coefficient (Wildman–Crippen LogP) is 3.97. The molecule has 0 radical (unpaired) electrons. The van der Waals surface area contributed by atoms with E-state index in [1.54, 1.807) is 18.2 Å². The maximum absolute atomic E-state index is 12.5. The lowest BCUT2D eigenvalue weighted by atomic mass is 9.97. The van der Waals surface area contributed by atoms with Gasteiger partial charge in [0.2, 0.25) is 0 Å². The Kier molecular flexibility index (Phi) is 2.20. The van der Waals surface area contributed by atoms with Gasteiger partial charge in [-0.05, 0) is 18.2 Å². The smallest absolute Gasteiger partial charge is 0.347 e. The highest BCUT2D eigenvalue weighted by Crippen LogP contribution is 2.43. The number of fused-ring (bicyclic) bond motifs is 10. The van der Waals surface area contributed by atoms with Crippen LogP contribution in [0.1, 0.15) is 20.7 Å². The monoisotopic (exact) mass is 342 g/mol. The van der Waals surface area contributed by atoms with Gasteiger partial charge in [-0.3, -0.25) is 0 Å². The second-order valence-corrected chi connectivity index (χ2v) is 6.45. The molecule has 2 aromatic heterocycles. The molecule has 0 fully saturated rings. The molecule has 0 unspecified atom stereocenters. The van der Waals surface area contributed by atoms with E-state index in [4.69, 9.17) is 4.74 Å². The molecular formula is C20H10N2O4. The minimum Gasteiger partial charge on any atom is -0.508 e. The number of rotatable bonds is 0. The Labute approximate surface area is 145 Å². The molecule has 0 bridgehead atoms. The van der Waals surface area contributed by atoms with Crippen LogP contribution in [-0.2, 0) is 4.74 Å². The molecule has 5 aromatic rings. The van der Waals surface area contributed by atoms with Crippen LogP contribution in [0.25, 0.3) is 43.6 Å². The molecule has 0 saturated carbocycles. The summed E-state index contributed by atoms with van der Waals surface area (Å²) in [6.07, 6.45) is 0. The predicted molar refractivity (Wildman–Crippen MR) is 96.6 cm³/mol. The van der Waals surface area contributed by atoms with Crippen molar-refractivity contribution in [2.45, 2.75) is 0 Å². The number of cyclic esters (lactones) is 2. The number of esters is 2. The summed E-state index contributed by atoms with van der Waals surface area (Å²) in [7, 11) is 0. The van der Waals surface area contributed by atoms with Crippen molar-refractivity contribution in [3.05, 3.63) is 53.6 Å². The normalized spacial score (nSPS) is 14.0. The topological polar surface area (TPSA) is 95.2 Å². The van der Waals surface area contributed by atoms with E-state index in [2.05, 4.69) is 9.97 Å². The Morgan fingerprint density at radius 2 is 1.38 bits per heavy atom. The number of aromatic hydroxyl groups is 1. The largest absolute Gasteiger partial charge is 0.508 e. The van der Waals surface area contributed by atoms with Crippen LogP contribution in [0.3, 0.4) is 0 Å². The lowest BCUT2D eigenvalue weighted by Crippen LogP contribution is -1.97. The van der Waals surface area contributed by atoms with Crippen molar-refractivity contribution < 1.29 is 19.4 Å². The minimum absolute atomic E-state index is 0.118. The van der Waals surface area contributed by atoms with E-state index in [0.717, 1.165) is 21.8 Å². The van der Waals surface area contributed by atoms with Crippen molar-refractivity contribution in [2.75, 3.05) is 0 Å². The number of aromatic nitrogens is 2. The van der Waals surface area contributed by atoms with Crippen molar-refractivity contribution >= 4 is 55.6 Å². The molecule has 0 aliphatic carbocycles. The summed E-state index contributed by atoms with van der Waals surface area (Å²) in [6, 6.07) is 12.5. The number of hydrogen-bond acceptors (Lipinski definition) is 4. The van der Waals surface area contributed by atoms with Gasteiger partial charge in [-0.15, -0.1) is 0 Å². The molecule has 3 N–H and O–H groups in total. The lowest BCUT2D eigenvalue weighted by Gasteiger charge is -2.01. The van der Waals surface area contributed by atoms with Gasteiger partial charge in [0.15, 0.2) is 0 Å². The third kappa shape index (κ3) is 1.43. The van der Waals surface area contributed by atoms with Crippen LogP contribution in [0.15, 0.2) is 42.5 Å². The van der Waals surface area contributed by atoms with Gasteiger partial charge in [0.1, 0.15) is 5.75 Å². The van der Waals surface area contributed by atoms with Gasteiger partial charge in [0.25, 0.3) is 0 Å². The van der Waals surface area contributed by atoms with E-state index < -0.39 is 11.9 Å². The van der Waals surface area contributed by atoms with Crippen LogP contribution < -0.4 is 0 Å². The average Bonchev–Trinajstić information content (AvgIpc) is 3.25. The number of ether oxygens (including phenoxy) is 1. The number of H-pyrrole nitrogens is 2. The van der Waals surface area contributed by atoms with Crippen LogP contribution in [-0.4, -0.2) is 27.0 Å². The summed E-state index contributed by atoms with van der Waals surface area (Å²) in [6.45, 7) is 0. The number of para-hydroxylation sites is 1. The molecule has 0 saturated heterocycles. The third-order valence-electron chi connectivity index (χ3n) is 5.08. The zero-order valence-electron chi connectivity index (χ0n) is 13.2. The van der Waals surface area contributed by atoms with Gasteiger partial charge < -0.3 is 19.8 Å². The molecule has 0 spiro atoms. The molecule has 0 amide bonds. The third-order valence-corrected chi connectivity index (χ3v) is 5.08. The van der Waals surface area contributed by atoms with Gasteiger partial charge in [0, 0.05) is 33.1 Å². The fourth-order valence-corrected chi connectivity index (χ4v) is 4.07. The Morgan fingerprint density at radius 3 is 2.12 bits per heavy atom. The highest BCUT2D eigenvalue weighted by atomic mass is 16.6. The number of carbonyl (C=O) groups excluding carboxylic acids is 2. The number of aromatic amines is 2. The summed E-state index contributed by atoms with van der Waals surface area (Å²) in [5.41, 5.74) is 3.57. The summed E-state index contributed by atoms with van der Waals surface area (Å²) >= 11 is 0. The summed E-state index contributed by atoms with van der Waals surface area (Å²) in [5.74, 6) is -1.15. The van der Waals surface area contributed by atoms with Crippen molar-refractivity contribution in [2.24, 2.45) is 0 Å². The van der Waals surface area contributed by atoms with Gasteiger partial charge >= 0.3 is 11.9 Å². The number of phenolic OH excluding ortho intramolecular Hbond substituents is 1. The van der Waals surface area contributed by atoms with E-state index in [1.165, 1.54) is 0 Å². The van der Waals surface area contributed by atoms with Crippen molar-refractivity contribution in [1.29, 1.82) is 0 Å². The Hall–Kier alpha value is -3.80. The van der Waals surface area contributed by atoms with Gasteiger partial charge in [-0.2, -0.15) is 0 Å². The Bertz CT molecular complexity index is 1460. The molecule has 26 heavy (non-hydrogen) atoms. The molecule has 1 aliphatic heterocycles. The van der Waals surface area contributed by atoms with Crippen LogP contribution in [0, 0.1) is 0 Å². The fourth-order valence-electron chi connectivity index (χ4n) is 4.07. The molecule has 124 valence electrons. The highest BCUT2D eigenvalue weighted by molar-refractivity contribution is 6.36. The van der Waals surface area contributed by atoms with E-state index in [9.17, 15) is 14.7 Å². The van der Waals surface area contributed by atoms with Crippen molar-refractivity contribution in [3.63, 3.8) is 0 Å². The number of phenols is 1. The Balaban J connectivity index is 2.01. The fraction of sp³-hybridized carbons (Fsp3) is 0. The second-order valence-electron chi connectivity index (χ2n) is 6.45. The number of hydrogen-bond donors (Lipinski definition) is 3. The van der Waals surface area contributed by atoms with E-state index in [-0.39, 0.29) is 11.3 Å². The average molecular weight is 342 g/mol. The molecule has 3 aromatic carbocycles. The second kappa shape index (κ2) is 4.23. The maximum Gasteiger partial charge on any atom is 0.347 e. The van der Waals surface area contributed by atoms with Gasteiger partial charge in [-0.25, -0.2) is 9.59 Å². The van der Waals surface area contributed by atoms with Crippen LogP contribution >= 0.6 is 0 Å². The van der Waals surface area contributed by atoms with Crippen molar-refractivity contribution in [3.8, 4) is 5.75 Å². The first-order valence-electron chi connectivity index (χ1n) is 8.11. The lowest BCUT2D eigenvalue weighted by molar-refractivity contribution is 0.0445. The quantitative estimate of drug-likeness (QED) is 0.293. The number of nitrogens with one attached hydrogen (secondary N) is 2. The summed E-state index contributed by atoms with van der Waals surface area (Å²) < 4.78 is 4.95. The zero-order chi connectivity index (χ0) is 17.6. The highest BCUT2D eigenvalue weighted by Gasteiger charge is 2.37. The molecule has 6 heteroatoms. The SMILES string of the molecule is O=C1OC(=O)c2c1c1c3ccccc3[nH]c1c1[nH]c3cc(O)ccc3c21. The van der Waals surface area contributed by atoms with Crippen LogP contribution in [0.5, 0.6) is 5.75 Å². The first-order valence-corrected chi connectivity index (χ1v) is 8.11. The first-order chi connectivity index (χ1) is 12.6. The maximum atomic E-state index is 12.5. The minimum atomic E-state index is -0.642. The van der Waals surface area contributed by atoms with E-state index in [1.807, 2.05) is 24.3 Å². The molecule has 3 heterocycles.